The molecule has 0 aliphatic heterocycles. The molecule has 94 valence electrons. The van der Waals surface area contributed by atoms with Gasteiger partial charge >= 0.3 is 5.97 Å². The van der Waals surface area contributed by atoms with Gasteiger partial charge in [0.05, 0.1) is 0 Å². The molecule has 0 aromatic heterocycles. The Morgan fingerprint density at radius 2 is 2.00 bits per heavy atom. The van der Waals surface area contributed by atoms with Gasteiger partial charge in [0.15, 0.2) is 0 Å². The lowest BCUT2D eigenvalue weighted by molar-refractivity contribution is -0.139. The Balaban J connectivity index is 3.68. The van der Waals surface area contributed by atoms with Crippen molar-refractivity contribution in [3.63, 3.8) is 0 Å². The van der Waals surface area contributed by atoms with Gasteiger partial charge in [-0.15, -0.1) is 0 Å². The summed E-state index contributed by atoms with van der Waals surface area (Å²) >= 11 is 0. The zero-order chi connectivity index (χ0) is 12.4. The number of carboxylic acids is 1. The molecule has 5 heteroatoms. The van der Waals surface area contributed by atoms with E-state index in [4.69, 9.17) is 10.8 Å². The van der Waals surface area contributed by atoms with Gasteiger partial charge in [-0.05, 0) is 19.4 Å². The topological polar surface area (TPSA) is 92.4 Å². The van der Waals surface area contributed by atoms with E-state index in [2.05, 4.69) is 12.2 Å². The summed E-state index contributed by atoms with van der Waals surface area (Å²) in [6, 6.07) is -0.658. The highest BCUT2D eigenvalue weighted by atomic mass is 16.4. The van der Waals surface area contributed by atoms with Crippen molar-refractivity contribution in [1.29, 1.82) is 0 Å². The van der Waals surface area contributed by atoms with Gasteiger partial charge < -0.3 is 16.2 Å². The number of nitrogens with one attached hydrogen (secondary N) is 1. The minimum atomic E-state index is -0.920. The second-order valence-corrected chi connectivity index (χ2v) is 3.91. The summed E-state index contributed by atoms with van der Waals surface area (Å²) in [7, 11) is 0. The molecule has 0 aromatic rings. The Bertz CT molecular complexity index is 219. The molecule has 0 unspecified atom stereocenters. The smallest absolute Gasteiger partial charge is 0.320 e. The molecule has 0 saturated carbocycles. The van der Waals surface area contributed by atoms with E-state index in [1.54, 1.807) is 0 Å². The maximum atomic E-state index is 10.8. The molecule has 0 aliphatic rings. The molecule has 0 bridgehead atoms. The molecule has 4 N–H and O–H groups in total. The number of nitrogens with two attached hydrogens (primary N) is 1. The lowest BCUT2D eigenvalue weighted by atomic mass is 10.1. The standard InChI is InChI=1S/C11H22N2O3/c1-2-3-4-5-8-13-9(11(15)16)6-7-10(12)14/h9,13H,2-8H2,1H3,(H2,12,14)(H,15,16)/t9-/m0/s1. The second kappa shape index (κ2) is 9.15. The largest absolute Gasteiger partial charge is 0.480 e. The van der Waals surface area contributed by atoms with Crippen LogP contribution in [0.25, 0.3) is 0 Å². The van der Waals surface area contributed by atoms with Gasteiger partial charge in [0, 0.05) is 6.42 Å². The van der Waals surface area contributed by atoms with Crippen LogP contribution in [0.15, 0.2) is 0 Å². The number of rotatable bonds is 10. The molecular weight excluding hydrogens is 208 g/mol. The third-order valence-corrected chi connectivity index (χ3v) is 2.40. The van der Waals surface area contributed by atoms with E-state index in [-0.39, 0.29) is 12.8 Å². The lowest BCUT2D eigenvalue weighted by Gasteiger charge is -2.13. The first-order valence-electron chi connectivity index (χ1n) is 5.82. The number of carbonyl (C=O) groups is 2. The monoisotopic (exact) mass is 230 g/mol. The number of primary amides is 1. The summed E-state index contributed by atoms with van der Waals surface area (Å²) in [6.07, 6.45) is 4.77. The summed E-state index contributed by atoms with van der Waals surface area (Å²) in [6.45, 7) is 2.80. The second-order valence-electron chi connectivity index (χ2n) is 3.91. The van der Waals surface area contributed by atoms with Crippen molar-refractivity contribution in [2.24, 2.45) is 5.73 Å². The van der Waals surface area contributed by atoms with E-state index in [1.807, 2.05) is 0 Å². The van der Waals surface area contributed by atoms with Gasteiger partial charge in [0.25, 0.3) is 0 Å². The Morgan fingerprint density at radius 3 is 2.50 bits per heavy atom. The highest BCUT2D eigenvalue weighted by Crippen LogP contribution is 2.00. The summed E-state index contributed by atoms with van der Waals surface area (Å²) in [4.78, 5) is 21.4. The first-order chi connectivity index (χ1) is 7.57. The van der Waals surface area contributed by atoms with Crippen molar-refractivity contribution < 1.29 is 14.7 Å². The molecule has 0 heterocycles. The molecule has 0 saturated heterocycles. The molecule has 5 nitrogen and oxygen atoms in total. The van der Waals surface area contributed by atoms with Gasteiger partial charge in [-0.1, -0.05) is 26.2 Å². The number of carbonyl (C=O) groups excluding carboxylic acids is 1. The van der Waals surface area contributed by atoms with Crippen LogP contribution >= 0.6 is 0 Å². The van der Waals surface area contributed by atoms with Crippen molar-refractivity contribution in [2.45, 2.75) is 51.5 Å². The predicted octanol–water partition coefficient (Wildman–Crippen LogP) is 0.875. The van der Waals surface area contributed by atoms with Crippen LogP contribution in [-0.2, 0) is 9.59 Å². The summed E-state index contributed by atoms with van der Waals surface area (Å²) < 4.78 is 0. The first-order valence-corrected chi connectivity index (χ1v) is 5.82. The van der Waals surface area contributed by atoms with Crippen molar-refractivity contribution in [3.05, 3.63) is 0 Å². The minimum absolute atomic E-state index is 0.110. The van der Waals surface area contributed by atoms with Gasteiger partial charge in [0.2, 0.25) is 5.91 Å². The number of hydrogen-bond donors (Lipinski definition) is 3. The van der Waals surface area contributed by atoms with Crippen LogP contribution < -0.4 is 11.1 Å². The fraction of sp³-hybridized carbons (Fsp3) is 0.818. The zero-order valence-electron chi connectivity index (χ0n) is 9.87. The Hall–Kier alpha value is -1.10. The fourth-order valence-electron chi connectivity index (χ4n) is 1.43. The van der Waals surface area contributed by atoms with Gasteiger partial charge in [0.1, 0.15) is 6.04 Å². The van der Waals surface area contributed by atoms with Crippen LogP contribution in [0.2, 0.25) is 0 Å². The molecule has 16 heavy (non-hydrogen) atoms. The average molecular weight is 230 g/mol. The SMILES string of the molecule is CCCCCCN[C@@H](CCC(N)=O)C(=O)O. The molecule has 0 radical (unpaired) electrons. The van der Waals surface area contributed by atoms with E-state index < -0.39 is 17.9 Å². The predicted molar refractivity (Wildman–Crippen MR) is 62.0 cm³/mol. The van der Waals surface area contributed by atoms with Crippen molar-refractivity contribution >= 4 is 11.9 Å². The number of carboxylic acid groups (broad SMARTS) is 1. The molecular formula is C11H22N2O3. The third-order valence-electron chi connectivity index (χ3n) is 2.40. The highest BCUT2D eigenvalue weighted by molar-refractivity contribution is 5.77. The fourth-order valence-corrected chi connectivity index (χ4v) is 1.43. The van der Waals surface area contributed by atoms with Crippen LogP contribution in [0.1, 0.15) is 45.4 Å². The highest BCUT2D eigenvalue weighted by Gasteiger charge is 2.16. The molecule has 0 rings (SSSR count). The van der Waals surface area contributed by atoms with E-state index in [0.29, 0.717) is 6.54 Å². The summed E-state index contributed by atoms with van der Waals surface area (Å²) in [5.74, 6) is -1.38. The lowest BCUT2D eigenvalue weighted by Crippen LogP contribution is -2.38. The molecule has 0 aromatic carbocycles. The minimum Gasteiger partial charge on any atom is -0.480 e. The Kier molecular flexibility index (Phi) is 8.52. The number of amides is 1. The quantitative estimate of drug-likeness (QED) is 0.486. The van der Waals surface area contributed by atoms with E-state index in [1.165, 1.54) is 6.42 Å². The van der Waals surface area contributed by atoms with Crippen LogP contribution in [0, 0.1) is 0 Å². The number of unbranched alkanes of at least 4 members (excludes halogenated alkanes) is 3. The molecule has 1 atom stereocenters. The normalized spacial score (nSPS) is 12.3. The molecule has 1 amide bonds. The average Bonchev–Trinajstić information content (AvgIpc) is 2.21. The van der Waals surface area contributed by atoms with E-state index in [0.717, 1.165) is 19.3 Å². The third kappa shape index (κ3) is 8.23. The zero-order valence-corrected chi connectivity index (χ0v) is 9.87. The van der Waals surface area contributed by atoms with Crippen molar-refractivity contribution in [1.82, 2.24) is 5.32 Å². The van der Waals surface area contributed by atoms with Crippen molar-refractivity contribution in [2.75, 3.05) is 6.54 Å². The van der Waals surface area contributed by atoms with Crippen molar-refractivity contribution in [3.8, 4) is 0 Å². The Labute approximate surface area is 96.4 Å². The molecule has 0 spiro atoms. The van der Waals surface area contributed by atoms with Gasteiger partial charge in [-0.2, -0.15) is 0 Å². The van der Waals surface area contributed by atoms with E-state index >= 15 is 0 Å². The van der Waals surface area contributed by atoms with Crippen LogP contribution in [0.4, 0.5) is 0 Å². The van der Waals surface area contributed by atoms with Crippen LogP contribution in [0.3, 0.4) is 0 Å². The first kappa shape index (κ1) is 14.9. The van der Waals surface area contributed by atoms with Crippen LogP contribution in [0.5, 0.6) is 0 Å². The maximum Gasteiger partial charge on any atom is 0.320 e. The summed E-state index contributed by atoms with van der Waals surface area (Å²) in [5, 5.41) is 11.8. The Morgan fingerprint density at radius 1 is 1.31 bits per heavy atom. The maximum absolute atomic E-state index is 10.8. The van der Waals surface area contributed by atoms with Gasteiger partial charge in [-0.25, -0.2) is 0 Å². The van der Waals surface area contributed by atoms with Gasteiger partial charge in [-0.3, -0.25) is 9.59 Å². The molecule has 0 aliphatic carbocycles. The summed E-state index contributed by atoms with van der Waals surface area (Å²) in [5.41, 5.74) is 4.98. The number of aliphatic carboxylic acids is 1. The molecule has 0 fully saturated rings. The van der Waals surface area contributed by atoms with Crippen LogP contribution in [-0.4, -0.2) is 29.6 Å². The number of hydrogen-bond acceptors (Lipinski definition) is 3. The van der Waals surface area contributed by atoms with E-state index in [9.17, 15) is 9.59 Å².